The molecule has 0 spiro atoms. The van der Waals surface area contributed by atoms with Gasteiger partial charge in [0.25, 0.3) is 0 Å². The quantitative estimate of drug-likeness (QED) is 0.600. The lowest BCUT2D eigenvalue weighted by molar-refractivity contribution is 0.0995. The van der Waals surface area contributed by atoms with E-state index < -0.39 is 0 Å². The van der Waals surface area contributed by atoms with E-state index in [4.69, 9.17) is 13.9 Å². The first-order chi connectivity index (χ1) is 8.62. The Morgan fingerprint density at radius 3 is 2.50 bits per heavy atom. The Morgan fingerprint density at radius 1 is 1.28 bits per heavy atom. The predicted molar refractivity (Wildman–Crippen MR) is 75.1 cm³/mol. The third kappa shape index (κ3) is 2.14. The lowest BCUT2D eigenvalue weighted by atomic mass is 10.2. The highest BCUT2D eigenvalue weighted by molar-refractivity contribution is 9.10. The molecule has 0 aliphatic rings. The number of methoxy groups -OCH3 is 2. The number of hydrogen-bond acceptors (Lipinski definition) is 4. The molecule has 0 aliphatic carbocycles. The first-order valence-corrected chi connectivity index (χ1v) is 6.97. The van der Waals surface area contributed by atoms with Crippen molar-refractivity contribution in [2.45, 2.75) is 0 Å². The van der Waals surface area contributed by atoms with Crippen molar-refractivity contribution in [1.82, 2.24) is 0 Å². The molecule has 2 rings (SSSR count). The van der Waals surface area contributed by atoms with Gasteiger partial charge in [0.1, 0.15) is 16.0 Å². The van der Waals surface area contributed by atoms with E-state index in [-0.39, 0.29) is 16.9 Å². The van der Waals surface area contributed by atoms with Crippen molar-refractivity contribution in [1.29, 1.82) is 0 Å². The van der Waals surface area contributed by atoms with Crippen molar-refractivity contribution < 1.29 is 18.7 Å². The van der Waals surface area contributed by atoms with Gasteiger partial charge in [-0.25, -0.2) is 0 Å². The molecule has 0 fully saturated rings. The smallest absolute Gasteiger partial charge is 0.208 e. The van der Waals surface area contributed by atoms with Crippen molar-refractivity contribution in [2.75, 3.05) is 19.5 Å². The number of carbonyl (C=O) groups excluding carboxylic acids is 1. The van der Waals surface area contributed by atoms with E-state index in [1.807, 2.05) is 0 Å². The lowest BCUT2D eigenvalue weighted by Gasteiger charge is -2.07. The number of fused-ring (bicyclic) bond motifs is 1. The normalized spacial score (nSPS) is 10.7. The second kappa shape index (κ2) is 5.32. The summed E-state index contributed by atoms with van der Waals surface area (Å²) in [4.78, 5) is 11.6. The number of Topliss-reactive ketones (excluding diaryl/α,β-unsaturated/α-hetero) is 1. The monoisotopic (exact) mass is 376 g/mol. The number of carbonyl (C=O) groups is 1. The van der Waals surface area contributed by atoms with Crippen LogP contribution >= 0.6 is 31.9 Å². The minimum Gasteiger partial charge on any atom is -0.496 e. The van der Waals surface area contributed by atoms with E-state index in [2.05, 4.69) is 31.9 Å². The van der Waals surface area contributed by atoms with Gasteiger partial charge in [-0.05, 0) is 22.0 Å². The molecule has 0 N–H and O–H groups in total. The molecule has 4 nitrogen and oxygen atoms in total. The summed E-state index contributed by atoms with van der Waals surface area (Å²) in [5, 5.41) is 0.943. The number of alkyl halides is 1. The first kappa shape index (κ1) is 13.4. The summed E-state index contributed by atoms with van der Waals surface area (Å²) < 4.78 is 16.7. The van der Waals surface area contributed by atoms with Gasteiger partial charge in [0, 0.05) is 6.07 Å². The summed E-state index contributed by atoms with van der Waals surface area (Å²) in [7, 11) is 3.11. The van der Waals surface area contributed by atoms with Crippen LogP contribution < -0.4 is 9.47 Å². The molecule has 0 aliphatic heterocycles. The maximum absolute atomic E-state index is 11.6. The van der Waals surface area contributed by atoms with Gasteiger partial charge in [0.2, 0.25) is 5.78 Å². The van der Waals surface area contributed by atoms with Crippen LogP contribution in [-0.2, 0) is 0 Å². The molecule has 6 heteroatoms. The first-order valence-electron chi connectivity index (χ1n) is 5.05. The van der Waals surface area contributed by atoms with Crippen LogP contribution in [0.3, 0.4) is 0 Å². The molecule has 0 unspecified atom stereocenters. The molecule has 18 heavy (non-hydrogen) atoms. The highest BCUT2D eigenvalue weighted by Crippen LogP contribution is 2.41. The van der Waals surface area contributed by atoms with Gasteiger partial charge >= 0.3 is 0 Å². The molecule has 1 aromatic heterocycles. The van der Waals surface area contributed by atoms with Crippen LogP contribution in [-0.4, -0.2) is 25.3 Å². The summed E-state index contributed by atoms with van der Waals surface area (Å²) in [6.45, 7) is 0. The van der Waals surface area contributed by atoms with Gasteiger partial charge in [0.15, 0.2) is 11.3 Å². The second-order valence-corrected chi connectivity index (χ2v) is 4.86. The fourth-order valence-electron chi connectivity index (χ4n) is 1.63. The molecule has 0 saturated heterocycles. The highest BCUT2D eigenvalue weighted by Gasteiger charge is 2.19. The fraction of sp³-hybridized carbons (Fsp3) is 0.250. The average molecular weight is 378 g/mol. The van der Waals surface area contributed by atoms with Crippen molar-refractivity contribution in [2.24, 2.45) is 0 Å². The predicted octanol–water partition coefficient (Wildman–Crippen LogP) is 3.79. The van der Waals surface area contributed by atoms with Crippen LogP contribution in [0.4, 0.5) is 0 Å². The zero-order valence-electron chi connectivity index (χ0n) is 9.75. The molecule has 1 heterocycles. The van der Waals surface area contributed by atoms with E-state index in [0.717, 1.165) is 5.39 Å². The lowest BCUT2D eigenvalue weighted by Crippen LogP contribution is -1.96. The third-order valence-electron chi connectivity index (χ3n) is 2.51. The van der Waals surface area contributed by atoms with Crippen molar-refractivity contribution in [3.05, 3.63) is 22.4 Å². The molecule has 0 atom stereocenters. The van der Waals surface area contributed by atoms with Gasteiger partial charge in [-0.3, -0.25) is 4.79 Å². The number of hydrogen-bond donors (Lipinski definition) is 0. The zero-order valence-corrected chi connectivity index (χ0v) is 12.9. The Balaban J connectivity index is 2.73. The second-order valence-electron chi connectivity index (χ2n) is 3.51. The minimum atomic E-state index is -0.126. The molecular weight excluding hydrogens is 368 g/mol. The van der Waals surface area contributed by atoms with E-state index in [1.54, 1.807) is 26.4 Å². The topological polar surface area (TPSA) is 48.7 Å². The van der Waals surface area contributed by atoms with Crippen molar-refractivity contribution in [3.63, 3.8) is 0 Å². The standard InChI is InChI=1S/C12H10Br2O4/c1-16-8-4-10(17-2)11(14)12-6(8)3-9(18-12)7(15)5-13/h3-4H,5H2,1-2H3. The van der Waals surface area contributed by atoms with E-state index in [1.165, 1.54) is 0 Å². The van der Waals surface area contributed by atoms with Gasteiger partial charge in [-0.15, -0.1) is 0 Å². The van der Waals surface area contributed by atoms with Crippen LogP contribution in [0.25, 0.3) is 11.0 Å². The summed E-state index contributed by atoms with van der Waals surface area (Å²) in [6, 6.07) is 3.41. The number of ether oxygens (including phenoxy) is 2. The molecular formula is C12H10Br2O4. The molecule has 1 aromatic carbocycles. The Morgan fingerprint density at radius 2 is 1.94 bits per heavy atom. The zero-order chi connectivity index (χ0) is 13.3. The van der Waals surface area contributed by atoms with Gasteiger partial charge < -0.3 is 13.9 Å². The maximum Gasteiger partial charge on any atom is 0.208 e. The summed E-state index contributed by atoms with van der Waals surface area (Å²) in [6.07, 6.45) is 0. The Kier molecular flexibility index (Phi) is 3.97. The third-order valence-corrected chi connectivity index (χ3v) is 3.77. The van der Waals surface area contributed by atoms with Crippen molar-refractivity contribution >= 4 is 48.6 Å². The Hall–Kier alpha value is -1.01. The molecule has 2 aromatic rings. The van der Waals surface area contributed by atoms with Gasteiger partial charge in [-0.2, -0.15) is 0 Å². The molecule has 0 saturated carbocycles. The minimum absolute atomic E-state index is 0.126. The van der Waals surface area contributed by atoms with E-state index in [9.17, 15) is 4.79 Å². The van der Waals surface area contributed by atoms with Crippen LogP contribution in [0, 0.1) is 0 Å². The Labute approximate surface area is 120 Å². The number of ketones is 1. The summed E-state index contributed by atoms with van der Waals surface area (Å²) >= 11 is 6.51. The van der Waals surface area contributed by atoms with Gasteiger partial charge in [-0.1, -0.05) is 15.9 Å². The molecule has 0 radical (unpaired) electrons. The molecule has 0 amide bonds. The van der Waals surface area contributed by atoms with Crippen LogP contribution in [0.2, 0.25) is 0 Å². The summed E-state index contributed by atoms with van der Waals surface area (Å²) in [5.41, 5.74) is 0.538. The number of furan rings is 1. The number of benzene rings is 1. The fourth-order valence-corrected chi connectivity index (χ4v) is 2.48. The van der Waals surface area contributed by atoms with Gasteiger partial charge in [0.05, 0.1) is 24.9 Å². The van der Waals surface area contributed by atoms with Crippen molar-refractivity contribution in [3.8, 4) is 11.5 Å². The Bertz CT molecular complexity index is 604. The largest absolute Gasteiger partial charge is 0.496 e. The van der Waals surface area contributed by atoms with Crippen LogP contribution in [0.1, 0.15) is 10.6 Å². The van der Waals surface area contributed by atoms with E-state index >= 15 is 0 Å². The highest BCUT2D eigenvalue weighted by atomic mass is 79.9. The number of rotatable bonds is 4. The maximum atomic E-state index is 11.6. The number of halogens is 2. The summed E-state index contributed by atoms with van der Waals surface area (Å²) in [5.74, 6) is 1.35. The van der Waals surface area contributed by atoms with Crippen LogP contribution in [0.5, 0.6) is 11.5 Å². The SMILES string of the molecule is COc1cc(OC)c2cc(C(=O)CBr)oc2c1Br. The van der Waals surface area contributed by atoms with E-state index in [0.29, 0.717) is 21.6 Å². The average Bonchev–Trinajstić information content (AvgIpc) is 2.84. The molecule has 96 valence electrons. The molecule has 0 bridgehead atoms. The van der Waals surface area contributed by atoms with Crippen LogP contribution in [0.15, 0.2) is 21.0 Å².